The van der Waals surface area contributed by atoms with Crippen molar-refractivity contribution in [1.29, 1.82) is 0 Å². The summed E-state index contributed by atoms with van der Waals surface area (Å²) in [6.45, 7) is 5.06. The van der Waals surface area contributed by atoms with Crippen LogP contribution in [0.4, 0.5) is 13.2 Å². The number of aromatic nitrogens is 1. The topological polar surface area (TPSA) is 46.2 Å². The second kappa shape index (κ2) is 9.60. The SMILES string of the molecule is NC(=S)c1cccc(-c2cn(CCCC(F)(F)F)c3cc(CN4CCNCC4)ccc23)c1. The van der Waals surface area contributed by atoms with Gasteiger partial charge in [-0.1, -0.05) is 42.5 Å². The Bertz CT molecular complexity index is 1100. The molecule has 1 fully saturated rings. The average Bonchev–Trinajstić information content (AvgIpc) is 3.12. The number of benzene rings is 2. The second-order valence-corrected chi connectivity index (χ2v) is 8.72. The Kier molecular flexibility index (Phi) is 6.83. The van der Waals surface area contributed by atoms with E-state index in [0.717, 1.165) is 65.9 Å². The molecule has 0 bridgehead atoms. The molecule has 4 nitrogen and oxygen atoms in total. The van der Waals surface area contributed by atoms with Crippen LogP contribution >= 0.6 is 12.2 Å². The zero-order chi connectivity index (χ0) is 22.7. The number of nitrogens with one attached hydrogen (secondary N) is 1. The smallest absolute Gasteiger partial charge is 0.389 e. The first-order chi connectivity index (χ1) is 15.3. The number of thiocarbonyl (C=S) groups is 1. The van der Waals surface area contributed by atoms with Crippen LogP contribution in [0.1, 0.15) is 24.0 Å². The van der Waals surface area contributed by atoms with Gasteiger partial charge in [0.25, 0.3) is 0 Å². The molecule has 2 heterocycles. The highest BCUT2D eigenvalue weighted by molar-refractivity contribution is 7.80. The van der Waals surface area contributed by atoms with E-state index in [1.807, 2.05) is 35.0 Å². The van der Waals surface area contributed by atoms with E-state index in [1.54, 1.807) is 0 Å². The summed E-state index contributed by atoms with van der Waals surface area (Å²) in [4.78, 5) is 2.71. The van der Waals surface area contributed by atoms with Crippen LogP contribution in [0.2, 0.25) is 0 Å². The summed E-state index contributed by atoms with van der Waals surface area (Å²) in [5.74, 6) is 0. The predicted octanol–water partition coefficient (Wildman–Crippen LogP) is 4.69. The Hall–Kier alpha value is -2.42. The molecule has 8 heteroatoms. The lowest BCUT2D eigenvalue weighted by Crippen LogP contribution is -2.42. The van der Waals surface area contributed by atoms with Crippen LogP contribution in [0.5, 0.6) is 0 Å². The fourth-order valence-corrected chi connectivity index (χ4v) is 4.40. The number of hydrogen-bond acceptors (Lipinski definition) is 3. The van der Waals surface area contributed by atoms with E-state index in [0.29, 0.717) is 11.5 Å². The van der Waals surface area contributed by atoms with Crippen molar-refractivity contribution in [3.63, 3.8) is 0 Å². The summed E-state index contributed by atoms with van der Waals surface area (Å²) >= 11 is 5.12. The number of piperazine rings is 1. The molecule has 0 atom stereocenters. The number of nitrogens with two attached hydrogens (primary N) is 1. The van der Waals surface area contributed by atoms with Crippen molar-refractivity contribution in [2.24, 2.45) is 5.73 Å². The summed E-state index contributed by atoms with van der Waals surface area (Å²) in [7, 11) is 0. The van der Waals surface area contributed by atoms with Crippen molar-refractivity contribution >= 4 is 28.1 Å². The first kappa shape index (κ1) is 22.8. The minimum atomic E-state index is -4.15. The number of halogens is 3. The van der Waals surface area contributed by atoms with Gasteiger partial charge in [-0.25, -0.2) is 0 Å². The maximum Gasteiger partial charge on any atom is 0.389 e. The van der Waals surface area contributed by atoms with Crippen LogP contribution in [0.15, 0.2) is 48.7 Å². The quantitative estimate of drug-likeness (QED) is 0.502. The molecule has 0 saturated carbocycles. The average molecular weight is 461 g/mol. The normalized spacial score (nSPS) is 15.3. The molecule has 0 aliphatic carbocycles. The van der Waals surface area contributed by atoms with Crippen molar-refractivity contribution in [3.05, 3.63) is 59.8 Å². The van der Waals surface area contributed by atoms with Crippen LogP contribution in [-0.4, -0.2) is 46.8 Å². The molecule has 3 N–H and O–H groups in total. The van der Waals surface area contributed by atoms with Crippen LogP contribution in [0, 0.1) is 0 Å². The minimum absolute atomic E-state index is 0.0433. The standard InChI is InChI=1S/C24H27F3N4S/c25-24(26,27)7-2-10-31-16-21(18-3-1-4-19(14-18)23(28)32)20-6-5-17(13-22(20)31)15-30-11-8-29-9-12-30/h1,3-6,13-14,16,29H,2,7-12,15H2,(H2,28,32). The number of aryl methyl sites for hydroxylation is 1. The zero-order valence-corrected chi connectivity index (χ0v) is 18.6. The Balaban J connectivity index is 1.70. The molecule has 3 aromatic rings. The monoisotopic (exact) mass is 460 g/mol. The van der Waals surface area contributed by atoms with E-state index in [2.05, 4.69) is 28.4 Å². The molecule has 0 spiro atoms. The predicted molar refractivity (Wildman–Crippen MR) is 127 cm³/mol. The van der Waals surface area contributed by atoms with Crippen molar-refractivity contribution in [2.45, 2.75) is 32.1 Å². The van der Waals surface area contributed by atoms with Crippen molar-refractivity contribution in [1.82, 2.24) is 14.8 Å². The Morgan fingerprint density at radius 1 is 1.09 bits per heavy atom. The first-order valence-electron chi connectivity index (χ1n) is 10.8. The third kappa shape index (κ3) is 5.49. The lowest BCUT2D eigenvalue weighted by molar-refractivity contribution is -0.135. The van der Waals surface area contributed by atoms with E-state index in [9.17, 15) is 13.2 Å². The van der Waals surface area contributed by atoms with Crippen molar-refractivity contribution < 1.29 is 13.2 Å². The van der Waals surface area contributed by atoms with Gasteiger partial charge in [0.2, 0.25) is 0 Å². The van der Waals surface area contributed by atoms with Crippen LogP contribution in [0.25, 0.3) is 22.0 Å². The first-order valence-corrected chi connectivity index (χ1v) is 11.2. The molecular formula is C24H27F3N4S. The molecule has 0 unspecified atom stereocenters. The highest BCUT2D eigenvalue weighted by Gasteiger charge is 2.26. The molecule has 1 aliphatic heterocycles. The van der Waals surface area contributed by atoms with Crippen LogP contribution in [0.3, 0.4) is 0 Å². The maximum atomic E-state index is 12.7. The molecule has 2 aromatic carbocycles. The van der Waals surface area contributed by atoms with Gasteiger partial charge in [-0.3, -0.25) is 4.90 Å². The van der Waals surface area contributed by atoms with Crippen LogP contribution in [-0.2, 0) is 13.1 Å². The van der Waals surface area contributed by atoms with Crippen LogP contribution < -0.4 is 11.1 Å². The lowest BCUT2D eigenvalue weighted by atomic mass is 10.0. The molecule has 1 aromatic heterocycles. The Morgan fingerprint density at radius 2 is 1.88 bits per heavy atom. The summed E-state index contributed by atoms with van der Waals surface area (Å²) in [6, 6.07) is 14.0. The summed E-state index contributed by atoms with van der Waals surface area (Å²) in [5, 5.41) is 4.37. The molecule has 170 valence electrons. The van der Waals surface area contributed by atoms with Gasteiger partial charge >= 0.3 is 6.18 Å². The van der Waals surface area contributed by atoms with E-state index >= 15 is 0 Å². The molecule has 0 amide bonds. The lowest BCUT2D eigenvalue weighted by Gasteiger charge is -2.27. The van der Waals surface area contributed by atoms with Gasteiger partial charge in [0.15, 0.2) is 0 Å². The molecule has 32 heavy (non-hydrogen) atoms. The molecular weight excluding hydrogens is 433 g/mol. The van der Waals surface area contributed by atoms with E-state index in [4.69, 9.17) is 18.0 Å². The van der Waals surface area contributed by atoms with E-state index in [1.165, 1.54) is 0 Å². The van der Waals surface area contributed by atoms with Gasteiger partial charge in [-0.15, -0.1) is 0 Å². The third-order valence-electron chi connectivity index (χ3n) is 5.88. The van der Waals surface area contributed by atoms with Gasteiger partial charge in [0, 0.05) is 73.9 Å². The van der Waals surface area contributed by atoms with Gasteiger partial charge in [-0.05, 0) is 29.7 Å². The Morgan fingerprint density at radius 3 is 2.59 bits per heavy atom. The highest BCUT2D eigenvalue weighted by atomic mass is 32.1. The van der Waals surface area contributed by atoms with Gasteiger partial charge in [0.05, 0.1) is 0 Å². The minimum Gasteiger partial charge on any atom is -0.389 e. The zero-order valence-electron chi connectivity index (χ0n) is 17.8. The fourth-order valence-electron chi connectivity index (χ4n) is 4.27. The number of rotatable bonds is 7. The number of nitrogens with zero attached hydrogens (tertiary/aromatic N) is 2. The van der Waals surface area contributed by atoms with E-state index in [-0.39, 0.29) is 6.42 Å². The second-order valence-electron chi connectivity index (χ2n) is 8.28. The summed E-state index contributed by atoms with van der Waals surface area (Å²) < 4.78 is 40.2. The maximum absolute atomic E-state index is 12.7. The highest BCUT2D eigenvalue weighted by Crippen LogP contribution is 2.33. The van der Waals surface area contributed by atoms with Gasteiger partial charge in [0.1, 0.15) is 4.99 Å². The molecule has 1 saturated heterocycles. The summed E-state index contributed by atoms with van der Waals surface area (Å²) in [6.07, 6.45) is -2.94. The van der Waals surface area contributed by atoms with Gasteiger partial charge in [-0.2, -0.15) is 13.2 Å². The molecule has 1 aliphatic rings. The van der Waals surface area contributed by atoms with Crippen molar-refractivity contribution in [2.75, 3.05) is 26.2 Å². The number of fused-ring (bicyclic) bond motifs is 1. The number of alkyl halides is 3. The largest absolute Gasteiger partial charge is 0.389 e. The molecule has 0 radical (unpaired) electrons. The third-order valence-corrected chi connectivity index (χ3v) is 6.12. The number of hydrogen-bond donors (Lipinski definition) is 2. The van der Waals surface area contributed by atoms with E-state index < -0.39 is 12.6 Å². The fraction of sp³-hybridized carbons (Fsp3) is 0.375. The van der Waals surface area contributed by atoms with Gasteiger partial charge < -0.3 is 15.6 Å². The molecule has 4 rings (SSSR count). The van der Waals surface area contributed by atoms with Crippen molar-refractivity contribution in [3.8, 4) is 11.1 Å². The summed E-state index contributed by atoms with van der Waals surface area (Å²) in [5.41, 5.74) is 10.6. The Labute approximate surface area is 191 Å².